The SMILES string of the molecule is CC1(C)CCOc2ccc(CN3CCC4(CC3)CN(c3ccccc3)C(=O)O4)cc21. The van der Waals surface area contributed by atoms with Gasteiger partial charge in [-0.15, -0.1) is 0 Å². The predicted molar refractivity (Wildman–Crippen MR) is 117 cm³/mol. The Morgan fingerprint density at radius 1 is 1.00 bits per heavy atom. The van der Waals surface area contributed by atoms with Crippen molar-refractivity contribution in [1.29, 1.82) is 0 Å². The van der Waals surface area contributed by atoms with Gasteiger partial charge in [0.1, 0.15) is 11.4 Å². The number of rotatable bonds is 3. The summed E-state index contributed by atoms with van der Waals surface area (Å²) in [6.45, 7) is 8.85. The minimum absolute atomic E-state index is 0.161. The number of benzene rings is 2. The molecule has 0 radical (unpaired) electrons. The molecule has 3 aliphatic heterocycles. The fourth-order valence-corrected chi connectivity index (χ4v) is 4.95. The maximum atomic E-state index is 12.5. The van der Waals surface area contributed by atoms with Crippen molar-refractivity contribution in [3.05, 3.63) is 59.7 Å². The van der Waals surface area contributed by atoms with Crippen LogP contribution in [0.5, 0.6) is 5.75 Å². The van der Waals surface area contributed by atoms with Gasteiger partial charge < -0.3 is 9.47 Å². The molecule has 2 saturated heterocycles. The lowest BCUT2D eigenvalue weighted by Crippen LogP contribution is -2.46. The van der Waals surface area contributed by atoms with Crippen LogP contribution in [-0.2, 0) is 16.7 Å². The van der Waals surface area contributed by atoms with E-state index in [1.54, 1.807) is 4.90 Å². The quantitative estimate of drug-likeness (QED) is 0.738. The molecule has 5 heteroatoms. The number of para-hydroxylation sites is 1. The first kappa shape index (κ1) is 19.4. The monoisotopic (exact) mass is 406 g/mol. The number of likely N-dealkylation sites (tertiary alicyclic amines) is 1. The third kappa shape index (κ3) is 3.56. The molecule has 2 aromatic carbocycles. The summed E-state index contributed by atoms with van der Waals surface area (Å²) < 4.78 is 11.8. The molecule has 0 N–H and O–H groups in total. The molecule has 30 heavy (non-hydrogen) atoms. The standard InChI is InChI=1S/C25H30N2O3/c1-24(2)12-15-29-22-9-8-19(16-21(22)24)17-26-13-10-25(11-14-26)18-27(23(28)30-25)20-6-4-3-5-7-20/h3-9,16H,10-15,17-18H2,1-2H3. The number of amides is 1. The smallest absolute Gasteiger partial charge is 0.415 e. The highest BCUT2D eigenvalue weighted by atomic mass is 16.6. The molecule has 0 aromatic heterocycles. The Morgan fingerprint density at radius 2 is 1.77 bits per heavy atom. The summed E-state index contributed by atoms with van der Waals surface area (Å²) >= 11 is 0. The second kappa shape index (κ2) is 7.31. The van der Waals surface area contributed by atoms with Crippen molar-refractivity contribution in [1.82, 2.24) is 4.90 Å². The second-order valence-corrected chi connectivity index (χ2v) is 9.56. The molecular weight excluding hydrogens is 376 g/mol. The molecule has 0 saturated carbocycles. The van der Waals surface area contributed by atoms with Crippen LogP contribution in [0.2, 0.25) is 0 Å². The predicted octanol–water partition coefficient (Wildman–Crippen LogP) is 4.74. The second-order valence-electron chi connectivity index (χ2n) is 9.56. The van der Waals surface area contributed by atoms with Crippen LogP contribution in [0, 0.1) is 0 Å². The summed E-state index contributed by atoms with van der Waals surface area (Å²) in [4.78, 5) is 16.8. The zero-order chi connectivity index (χ0) is 20.8. The van der Waals surface area contributed by atoms with Gasteiger partial charge in [-0.1, -0.05) is 44.2 Å². The zero-order valence-corrected chi connectivity index (χ0v) is 17.9. The summed E-state index contributed by atoms with van der Waals surface area (Å²) in [5, 5.41) is 0. The van der Waals surface area contributed by atoms with E-state index >= 15 is 0 Å². The van der Waals surface area contributed by atoms with Crippen LogP contribution in [0.15, 0.2) is 48.5 Å². The van der Waals surface area contributed by atoms with Gasteiger partial charge in [-0.2, -0.15) is 0 Å². The van der Waals surface area contributed by atoms with Gasteiger partial charge in [-0.3, -0.25) is 9.80 Å². The number of carbonyl (C=O) groups excluding carboxylic acids is 1. The summed E-state index contributed by atoms with van der Waals surface area (Å²) in [7, 11) is 0. The van der Waals surface area contributed by atoms with Crippen LogP contribution in [0.25, 0.3) is 0 Å². The topological polar surface area (TPSA) is 42.0 Å². The van der Waals surface area contributed by atoms with E-state index < -0.39 is 0 Å². The number of hydrogen-bond acceptors (Lipinski definition) is 4. The van der Waals surface area contributed by atoms with Crippen LogP contribution < -0.4 is 9.64 Å². The number of anilines is 1. The van der Waals surface area contributed by atoms with Crippen molar-refractivity contribution < 1.29 is 14.3 Å². The molecule has 0 atom stereocenters. The fourth-order valence-electron chi connectivity index (χ4n) is 4.95. The Bertz CT molecular complexity index is 933. The zero-order valence-electron chi connectivity index (χ0n) is 17.9. The average molecular weight is 407 g/mol. The van der Waals surface area contributed by atoms with Crippen molar-refractivity contribution in [3.8, 4) is 5.75 Å². The van der Waals surface area contributed by atoms with E-state index in [-0.39, 0.29) is 17.1 Å². The summed E-state index contributed by atoms with van der Waals surface area (Å²) in [6.07, 6.45) is 2.59. The van der Waals surface area contributed by atoms with Crippen molar-refractivity contribution >= 4 is 11.8 Å². The number of nitrogens with zero attached hydrogens (tertiary/aromatic N) is 2. The van der Waals surface area contributed by atoms with Crippen molar-refractivity contribution in [3.63, 3.8) is 0 Å². The van der Waals surface area contributed by atoms with Crippen LogP contribution in [0.1, 0.15) is 44.2 Å². The van der Waals surface area contributed by atoms with E-state index in [9.17, 15) is 4.79 Å². The van der Waals surface area contributed by atoms with E-state index in [2.05, 4.69) is 36.9 Å². The Balaban J connectivity index is 1.24. The lowest BCUT2D eigenvalue weighted by atomic mass is 9.79. The molecule has 2 fully saturated rings. The molecular formula is C25H30N2O3. The minimum atomic E-state index is -0.352. The largest absolute Gasteiger partial charge is 0.493 e. The van der Waals surface area contributed by atoms with Gasteiger partial charge in [0, 0.05) is 43.7 Å². The molecule has 5 rings (SSSR count). The maximum absolute atomic E-state index is 12.5. The first-order valence-corrected chi connectivity index (χ1v) is 11.0. The molecule has 3 heterocycles. The lowest BCUT2D eigenvalue weighted by molar-refractivity contribution is -0.000982. The van der Waals surface area contributed by atoms with Crippen molar-refractivity contribution in [2.45, 2.75) is 50.7 Å². The van der Waals surface area contributed by atoms with Gasteiger partial charge >= 0.3 is 6.09 Å². The first-order chi connectivity index (χ1) is 14.4. The van der Waals surface area contributed by atoms with Gasteiger partial charge in [-0.25, -0.2) is 4.79 Å². The first-order valence-electron chi connectivity index (χ1n) is 11.0. The van der Waals surface area contributed by atoms with E-state index in [4.69, 9.17) is 9.47 Å². The lowest BCUT2D eigenvalue weighted by Gasteiger charge is -2.38. The maximum Gasteiger partial charge on any atom is 0.415 e. The van der Waals surface area contributed by atoms with E-state index in [0.717, 1.165) is 56.9 Å². The molecule has 0 aliphatic carbocycles. The van der Waals surface area contributed by atoms with Crippen molar-refractivity contribution in [2.24, 2.45) is 0 Å². The molecule has 3 aliphatic rings. The number of hydrogen-bond donors (Lipinski definition) is 0. The van der Waals surface area contributed by atoms with Gasteiger partial charge in [0.05, 0.1) is 13.2 Å². The van der Waals surface area contributed by atoms with Gasteiger partial charge in [0.15, 0.2) is 0 Å². The Labute approximate surface area is 178 Å². The third-order valence-corrected chi connectivity index (χ3v) is 6.97. The highest BCUT2D eigenvalue weighted by molar-refractivity contribution is 5.90. The molecule has 1 spiro atoms. The summed E-state index contributed by atoms with van der Waals surface area (Å²) in [5.41, 5.74) is 3.38. The Kier molecular flexibility index (Phi) is 4.73. The average Bonchev–Trinajstić information content (AvgIpc) is 3.07. The molecule has 0 unspecified atom stereocenters. The van der Waals surface area contributed by atoms with E-state index in [1.165, 1.54) is 11.1 Å². The summed E-state index contributed by atoms with van der Waals surface area (Å²) in [5.74, 6) is 1.03. The molecule has 1 amide bonds. The Hall–Kier alpha value is -2.53. The van der Waals surface area contributed by atoms with Crippen LogP contribution in [0.3, 0.4) is 0 Å². The number of piperidine rings is 1. The van der Waals surface area contributed by atoms with Gasteiger partial charge in [0.25, 0.3) is 0 Å². The fraction of sp³-hybridized carbons (Fsp3) is 0.480. The van der Waals surface area contributed by atoms with E-state index in [1.807, 2.05) is 30.3 Å². The van der Waals surface area contributed by atoms with Gasteiger partial charge in [-0.05, 0) is 35.6 Å². The summed E-state index contributed by atoms with van der Waals surface area (Å²) in [6, 6.07) is 16.5. The molecule has 0 bridgehead atoms. The van der Waals surface area contributed by atoms with Crippen LogP contribution in [-0.4, -0.2) is 42.8 Å². The normalized spacial score (nSPS) is 22.5. The highest BCUT2D eigenvalue weighted by Gasteiger charge is 2.47. The minimum Gasteiger partial charge on any atom is -0.493 e. The number of ether oxygens (including phenoxy) is 2. The van der Waals surface area contributed by atoms with E-state index in [0.29, 0.717) is 6.54 Å². The van der Waals surface area contributed by atoms with Crippen molar-refractivity contribution in [2.75, 3.05) is 31.1 Å². The Morgan fingerprint density at radius 3 is 2.53 bits per heavy atom. The highest BCUT2D eigenvalue weighted by Crippen LogP contribution is 2.39. The third-order valence-electron chi connectivity index (χ3n) is 6.97. The number of fused-ring (bicyclic) bond motifs is 1. The number of carbonyl (C=O) groups is 1. The van der Waals surface area contributed by atoms with Crippen LogP contribution >= 0.6 is 0 Å². The van der Waals surface area contributed by atoms with Gasteiger partial charge in [0.2, 0.25) is 0 Å². The molecule has 158 valence electrons. The molecule has 2 aromatic rings. The van der Waals surface area contributed by atoms with Crippen LogP contribution in [0.4, 0.5) is 10.5 Å². The molecule has 5 nitrogen and oxygen atoms in total.